The fourth-order valence-electron chi connectivity index (χ4n) is 1.04. The second-order valence-corrected chi connectivity index (χ2v) is 2.93. The zero-order valence-electron chi connectivity index (χ0n) is 8.01. The van der Waals surface area contributed by atoms with Gasteiger partial charge in [0.05, 0.1) is 0 Å². The zero-order valence-corrected chi connectivity index (χ0v) is 8.01. The molecule has 1 aromatic rings. The summed E-state index contributed by atoms with van der Waals surface area (Å²) >= 11 is 0. The molecule has 0 bridgehead atoms. The SMILES string of the molecule is Cc1ccc(C=CCN=[N+]=[N-])cc1N. The number of rotatable bonds is 3. The molecule has 0 unspecified atom stereocenters. The summed E-state index contributed by atoms with van der Waals surface area (Å²) in [6, 6.07) is 5.82. The highest BCUT2D eigenvalue weighted by Crippen LogP contribution is 2.13. The first-order chi connectivity index (χ1) is 6.74. The molecule has 0 atom stereocenters. The number of anilines is 1. The first kappa shape index (κ1) is 10.2. The van der Waals surface area contributed by atoms with E-state index in [9.17, 15) is 0 Å². The molecule has 0 aliphatic carbocycles. The fraction of sp³-hybridized carbons (Fsp3) is 0.200. The smallest absolute Gasteiger partial charge is 0.0443 e. The van der Waals surface area contributed by atoms with Crippen molar-refractivity contribution in [3.63, 3.8) is 0 Å². The number of aryl methyl sites for hydroxylation is 1. The lowest BCUT2D eigenvalue weighted by molar-refractivity contribution is 1.22. The van der Waals surface area contributed by atoms with Gasteiger partial charge >= 0.3 is 0 Å². The van der Waals surface area contributed by atoms with Crippen molar-refractivity contribution in [3.05, 3.63) is 45.8 Å². The first-order valence-corrected chi connectivity index (χ1v) is 4.27. The molecule has 0 spiro atoms. The van der Waals surface area contributed by atoms with Gasteiger partial charge in [-0.2, -0.15) is 0 Å². The lowest BCUT2D eigenvalue weighted by Gasteiger charge is -2.00. The van der Waals surface area contributed by atoms with E-state index in [1.54, 1.807) is 6.08 Å². The van der Waals surface area contributed by atoms with Crippen LogP contribution in [0.4, 0.5) is 5.69 Å². The van der Waals surface area contributed by atoms with Crippen molar-refractivity contribution in [3.8, 4) is 0 Å². The minimum Gasteiger partial charge on any atom is -0.398 e. The van der Waals surface area contributed by atoms with Crippen LogP contribution in [-0.4, -0.2) is 6.54 Å². The maximum Gasteiger partial charge on any atom is 0.0443 e. The normalized spacial score (nSPS) is 10.1. The first-order valence-electron chi connectivity index (χ1n) is 4.27. The zero-order chi connectivity index (χ0) is 10.4. The molecule has 0 amide bonds. The highest BCUT2D eigenvalue weighted by Gasteiger charge is 1.92. The molecular formula is C10H12N4. The van der Waals surface area contributed by atoms with Gasteiger partial charge in [0.15, 0.2) is 0 Å². The van der Waals surface area contributed by atoms with E-state index in [4.69, 9.17) is 11.3 Å². The van der Waals surface area contributed by atoms with E-state index in [0.717, 1.165) is 16.8 Å². The second kappa shape index (κ2) is 4.94. The largest absolute Gasteiger partial charge is 0.398 e. The fourth-order valence-corrected chi connectivity index (χ4v) is 1.04. The summed E-state index contributed by atoms with van der Waals surface area (Å²) < 4.78 is 0. The van der Waals surface area contributed by atoms with Crippen molar-refractivity contribution in [1.29, 1.82) is 0 Å². The average molecular weight is 188 g/mol. The van der Waals surface area contributed by atoms with Gasteiger partial charge in [0, 0.05) is 17.1 Å². The molecule has 0 saturated heterocycles. The Morgan fingerprint density at radius 3 is 3.00 bits per heavy atom. The Hall–Kier alpha value is -1.93. The van der Waals surface area contributed by atoms with Crippen molar-refractivity contribution in [2.45, 2.75) is 6.92 Å². The monoisotopic (exact) mass is 188 g/mol. The Labute approximate surface area is 82.7 Å². The van der Waals surface area contributed by atoms with E-state index in [2.05, 4.69) is 10.0 Å². The number of hydrogen-bond acceptors (Lipinski definition) is 2. The van der Waals surface area contributed by atoms with E-state index in [-0.39, 0.29) is 0 Å². The number of hydrogen-bond donors (Lipinski definition) is 1. The van der Waals surface area contributed by atoms with Crippen LogP contribution < -0.4 is 5.73 Å². The molecular weight excluding hydrogens is 176 g/mol. The third kappa shape index (κ3) is 2.84. The molecule has 72 valence electrons. The predicted octanol–water partition coefficient (Wildman–Crippen LogP) is 2.90. The molecule has 1 rings (SSSR count). The standard InChI is InChI=1S/C10H12N4/c1-8-4-5-9(7-10(8)11)3-2-6-13-14-12/h2-5,7H,6,11H2,1H3. The van der Waals surface area contributed by atoms with E-state index in [0.29, 0.717) is 6.54 Å². The number of nitrogens with two attached hydrogens (primary N) is 1. The molecule has 0 fully saturated rings. The van der Waals surface area contributed by atoms with Crippen LogP contribution in [0, 0.1) is 6.92 Å². The molecule has 0 aromatic heterocycles. The van der Waals surface area contributed by atoms with E-state index >= 15 is 0 Å². The van der Waals surface area contributed by atoms with Crippen LogP contribution in [0.5, 0.6) is 0 Å². The third-order valence-electron chi connectivity index (χ3n) is 1.86. The van der Waals surface area contributed by atoms with Crippen LogP contribution in [0.25, 0.3) is 16.5 Å². The molecule has 0 saturated carbocycles. The van der Waals surface area contributed by atoms with Gasteiger partial charge in [-0.3, -0.25) is 0 Å². The Morgan fingerprint density at radius 2 is 2.36 bits per heavy atom. The number of benzene rings is 1. The van der Waals surface area contributed by atoms with Crippen molar-refractivity contribution >= 4 is 11.8 Å². The van der Waals surface area contributed by atoms with Crippen LogP contribution in [0.3, 0.4) is 0 Å². The summed E-state index contributed by atoms with van der Waals surface area (Å²) in [5.41, 5.74) is 16.6. The number of nitrogen functional groups attached to an aromatic ring is 1. The summed E-state index contributed by atoms with van der Waals surface area (Å²) in [5, 5.41) is 3.39. The van der Waals surface area contributed by atoms with E-state index in [1.165, 1.54) is 0 Å². The molecule has 0 heterocycles. The summed E-state index contributed by atoms with van der Waals surface area (Å²) in [7, 11) is 0. The van der Waals surface area contributed by atoms with Gasteiger partial charge in [0.1, 0.15) is 0 Å². The Bertz CT molecular complexity index is 389. The molecule has 4 nitrogen and oxygen atoms in total. The minimum absolute atomic E-state index is 0.365. The van der Waals surface area contributed by atoms with Crippen molar-refractivity contribution < 1.29 is 0 Å². The van der Waals surface area contributed by atoms with Crippen molar-refractivity contribution in [2.24, 2.45) is 5.11 Å². The Balaban J connectivity index is 2.72. The van der Waals surface area contributed by atoms with Crippen LogP contribution in [-0.2, 0) is 0 Å². The van der Waals surface area contributed by atoms with Crippen LogP contribution in [0.1, 0.15) is 11.1 Å². The highest BCUT2D eigenvalue weighted by atomic mass is 15.1. The van der Waals surface area contributed by atoms with Crippen molar-refractivity contribution in [1.82, 2.24) is 0 Å². The van der Waals surface area contributed by atoms with Gasteiger partial charge in [-0.05, 0) is 29.6 Å². The summed E-state index contributed by atoms with van der Waals surface area (Å²) in [6.07, 6.45) is 3.67. The second-order valence-electron chi connectivity index (χ2n) is 2.93. The van der Waals surface area contributed by atoms with Gasteiger partial charge in [-0.25, -0.2) is 0 Å². The van der Waals surface area contributed by atoms with Crippen LogP contribution in [0.2, 0.25) is 0 Å². The maximum absolute atomic E-state index is 8.05. The average Bonchev–Trinajstić information content (AvgIpc) is 2.18. The molecule has 0 aliphatic rings. The summed E-state index contributed by atoms with van der Waals surface area (Å²) in [5.74, 6) is 0. The van der Waals surface area contributed by atoms with Gasteiger partial charge in [0.25, 0.3) is 0 Å². The quantitative estimate of drug-likeness (QED) is 0.336. The maximum atomic E-state index is 8.05. The van der Waals surface area contributed by atoms with E-state index in [1.807, 2.05) is 31.2 Å². The predicted molar refractivity (Wildman–Crippen MR) is 58.6 cm³/mol. The van der Waals surface area contributed by atoms with Gasteiger partial charge < -0.3 is 5.73 Å². The highest BCUT2D eigenvalue weighted by molar-refractivity contribution is 5.58. The van der Waals surface area contributed by atoms with E-state index < -0.39 is 0 Å². The summed E-state index contributed by atoms with van der Waals surface area (Å²) in [6.45, 7) is 2.33. The summed E-state index contributed by atoms with van der Waals surface area (Å²) in [4.78, 5) is 2.65. The molecule has 0 aliphatic heterocycles. The lowest BCUT2D eigenvalue weighted by Crippen LogP contribution is -1.89. The number of nitrogens with zero attached hydrogens (tertiary/aromatic N) is 3. The third-order valence-corrected chi connectivity index (χ3v) is 1.86. The van der Waals surface area contributed by atoms with Gasteiger partial charge in [-0.1, -0.05) is 29.4 Å². The van der Waals surface area contributed by atoms with Gasteiger partial charge in [0.2, 0.25) is 0 Å². The lowest BCUT2D eigenvalue weighted by atomic mass is 10.1. The van der Waals surface area contributed by atoms with Crippen LogP contribution >= 0.6 is 0 Å². The molecule has 2 N–H and O–H groups in total. The topological polar surface area (TPSA) is 74.8 Å². The number of azide groups is 1. The van der Waals surface area contributed by atoms with Crippen LogP contribution in [0.15, 0.2) is 29.4 Å². The molecule has 1 aromatic carbocycles. The molecule has 0 radical (unpaired) electrons. The molecule has 4 heteroatoms. The Kier molecular flexibility index (Phi) is 3.58. The molecule has 14 heavy (non-hydrogen) atoms. The van der Waals surface area contributed by atoms with Gasteiger partial charge in [-0.15, -0.1) is 0 Å². The van der Waals surface area contributed by atoms with Crippen molar-refractivity contribution in [2.75, 3.05) is 12.3 Å². The Morgan fingerprint density at radius 1 is 1.57 bits per heavy atom. The minimum atomic E-state index is 0.365.